The van der Waals surface area contributed by atoms with Crippen molar-refractivity contribution in [1.29, 1.82) is 0 Å². The Morgan fingerprint density at radius 2 is 2.40 bits per heavy atom. The Morgan fingerprint density at radius 1 is 1.55 bits per heavy atom. The fourth-order valence-electron chi connectivity index (χ4n) is 2.47. The predicted octanol–water partition coefficient (Wildman–Crippen LogP) is 1.93. The lowest BCUT2D eigenvalue weighted by molar-refractivity contribution is -0.0117. The van der Waals surface area contributed by atoms with Crippen LogP contribution >= 0.6 is 11.3 Å². The second-order valence-electron chi connectivity index (χ2n) is 5.28. The Morgan fingerprint density at radius 3 is 3.20 bits per heavy atom. The van der Waals surface area contributed by atoms with E-state index in [-0.39, 0.29) is 6.10 Å². The summed E-state index contributed by atoms with van der Waals surface area (Å²) in [7, 11) is 2.12. The van der Waals surface area contributed by atoms with Crippen LogP contribution in [0.25, 0.3) is 10.2 Å². The van der Waals surface area contributed by atoms with E-state index < -0.39 is 0 Å². The second-order valence-corrected chi connectivity index (χ2v) is 6.51. The van der Waals surface area contributed by atoms with E-state index in [2.05, 4.69) is 22.2 Å². The van der Waals surface area contributed by atoms with Gasteiger partial charge in [0.15, 0.2) is 0 Å². The molecule has 1 aromatic heterocycles. The van der Waals surface area contributed by atoms with Gasteiger partial charge in [-0.1, -0.05) is 0 Å². The average Bonchev–Trinajstić information content (AvgIpc) is 2.75. The Labute approximate surface area is 122 Å². The third-order valence-corrected chi connectivity index (χ3v) is 4.46. The lowest BCUT2D eigenvalue weighted by Crippen LogP contribution is -2.43. The molecule has 108 valence electrons. The Hall–Kier alpha value is -1.37. The summed E-state index contributed by atoms with van der Waals surface area (Å²) in [4.78, 5) is 6.79. The van der Waals surface area contributed by atoms with Crippen LogP contribution in [0.4, 0.5) is 11.4 Å². The van der Waals surface area contributed by atoms with Gasteiger partial charge < -0.3 is 20.7 Å². The van der Waals surface area contributed by atoms with E-state index >= 15 is 0 Å². The van der Waals surface area contributed by atoms with Crippen LogP contribution in [0.2, 0.25) is 0 Å². The molecule has 0 spiro atoms. The van der Waals surface area contributed by atoms with Gasteiger partial charge >= 0.3 is 0 Å². The zero-order chi connectivity index (χ0) is 14.1. The maximum absolute atomic E-state index is 6.10. The number of thiazole rings is 1. The van der Waals surface area contributed by atoms with Crippen LogP contribution in [0.5, 0.6) is 0 Å². The Kier molecular flexibility index (Phi) is 3.78. The van der Waals surface area contributed by atoms with Gasteiger partial charge in [-0.25, -0.2) is 4.98 Å². The third-order valence-electron chi connectivity index (χ3n) is 3.53. The van der Waals surface area contributed by atoms with Crippen LogP contribution in [0.15, 0.2) is 12.1 Å². The van der Waals surface area contributed by atoms with Gasteiger partial charge in [0.25, 0.3) is 0 Å². The summed E-state index contributed by atoms with van der Waals surface area (Å²) in [5.74, 6) is 0. The first kappa shape index (κ1) is 13.6. The van der Waals surface area contributed by atoms with E-state index in [1.807, 2.05) is 19.1 Å². The number of morpholine rings is 1. The molecule has 1 saturated heterocycles. The summed E-state index contributed by atoms with van der Waals surface area (Å²) >= 11 is 1.67. The number of nitrogens with one attached hydrogen (secondary N) is 1. The van der Waals surface area contributed by atoms with Gasteiger partial charge in [0.2, 0.25) is 0 Å². The van der Waals surface area contributed by atoms with Crippen LogP contribution in [0, 0.1) is 6.92 Å². The Balaban J connectivity index is 1.71. The van der Waals surface area contributed by atoms with E-state index in [9.17, 15) is 0 Å². The second kappa shape index (κ2) is 5.55. The number of aryl methyl sites for hydroxylation is 1. The van der Waals surface area contributed by atoms with Crippen LogP contribution in [-0.4, -0.2) is 49.3 Å². The highest BCUT2D eigenvalue weighted by molar-refractivity contribution is 7.18. The number of benzene rings is 1. The smallest absolute Gasteiger partial charge is 0.0907 e. The molecule has 2 aromatic rings. The number of nitrogens with two attached hydrogens (primary N) is 1. The Bertz CT molecular complexity index is 612. The molecule has 1 aliphatic heterocycles. The van der Waals surface area contributed by atoms with Crippen molar-refractivity contribution < 1.29 is 4.74 Å². The number of anilines is 2. The molecule has 0 amide bonds. The molecule has 5 nitrogen and oxygen atoms in total. The van der Waals surface area contributed by atoms with Crippen molar-refractivity contribution in [2.24, 2.45) is 0 Å². The number of hydrogen-bond donors (Lipinski definition) is 2. The highest BCUT2D eigenvalue weighted by atomic mass is 32.1. The van der Waals surface area contributed by atoms with Crippen molar-refractivity contribution in [2.75, 3.05) is 44.3 Å². The minimum absolute atomic E-state index is 0.209. The third kappa shape index (κ3) is 2.87. The maximum atomic E-state index is 6.10. The first-order valence-corrected chi connectivity index (χ1v) is 7.64. The topological polar surface area (TPSA) is 63.4 Å². The zero-order valence-electron chi connectivity index (χ0n) is 11.8. The van der Waals surface area contributed by atoms with E-state index in [4.69, 9.17) is 10.5 Å². The van der Waals surface area contributed by atoms with Gasteiger partial charge in [-0.3, -0.25) is 0 Å². The van der Waals surface area contributed by atoms with Gasteiger partial charge in [0.1, 0.15) is 0 Å². The fraction of sp³-hybridized carbons (Fsp3) is 0.500. The molecule has 1 unspecified atom stereocenters. The van der Waals surface area contributed by atoms with Crippen molar-refractivity contribution >= 4 is 32.9 Å². The quantitative estimate of drug-likeness (QED) is 0.846. The van der Waals surface area contributed by atoms with Crippen LogP contribution in [0.1, 0.15) is 5.01 Å². The number of nitrogens with zero attached hydrogens (tertiary/aromatic N) is 2. The number of likely N-dealkylation sites (N-methyl/N-ethyl adjacent to an activating group) is 1. The SMILES string of the molecule is Cc1nc2cc(NCC3CN(C)CCO3)c(N)cc2s1. The molecule has 1 aromatic carbocycles. The van der Waals surface area contributed by atoms with E-state index in [1.165, 1.54) is 0 Å². The largest absolute Gasteiger partial charge is 0.397 e. The molecular weight excluding hydrogens is 272 g/mol. The first-order valence-electron chi connectivity index (χ1n) is 6.82. The molecule has 1 atom stereocenters. The van der Waals surface area contributed by atoms with Crippen LogP contribution in [-0.2, 0) is 4.74 Å². The number of ether oxygens (including phenoxy) is 1. The number of fused-ring (bicyclic) bond motifs is 1. The van der Waals surface area contributed by atoms with Crippen molar-refractivity contribution in [3.63, 3.8) is 0 Å². The number of aromatic nitrogens is 1. The highest BCUT2D eigenvalue weighted by Gasteiger charge is 2.17. The molecular formula is C14H20N4OS. The van der Waals surface area contributed by atoms with Gasteiger partial charge in [-0.15, -0.1) is 11.3 Å². The standard InChI is InChI=1S/C14H20N4OS/c1-9-17-13-6-12(11(15)5-14(13)20-9)16-7-10-8-18(2)3-4-19-10/h5-6,10,16H,3-4,7-8,15H2,1-2H3. The average molecular weight is 292 g/mol. The summed E-state index contributed by atoms with van der Waals surface area (Å²) in [6.07, 6.45) is 0.209. The molecule has 3 rings (SSSR count). The van der Waals surface area contributed by atoms with Crippen LogP contribution in [0.3, 0.4) is 0 Å². The molecule has 0 saturated carbocycles. The van der Waals surface area contributed by atoms with Gasteiger partial charge in [0, 0.05) is 19.6 Å². The lowest BCUT2D eigenvalue weighted by atomic mass is 10.2. The number of nitrogen functional groups attached to an aromatic ring is 1. The first-order chi connectivity index (χ1) is 9.61. The summed E-state index contributed by atoms with van der Waals surface area (Å²) < 4.78 is 6.88. The molecule has 1 fully saturated rings. The van der Waals surface area contributed by atoms with E-state index in [0.29, 0.717) is 0 Å². The maximum Gasteiger partial charge on any atom is 0.0907 e. The molecule has 0 aliphatic carbocycles. The fourth-order valence-corrected chi connectivity index (χ4v) is 3.33. The van der Waals surface area contributed by atoms with Crippen LogP contribution < -0.4 is 11.1 Å². The monoisotopic (exact) mass is 292 g/mol. The lowest BCUT2D eigenvalue weighted by Gasteiger charge is -2.30. The van der Waals surface area contributed by atoms with Crippen molar-refractivity contribution in [1.82, 2.24) is 9.88 Å². The molecule has 3 N–H and O–H groups in total. The van der Waals surface area contributed by atoms with E-state index in [1.54, 1.807) is 11.3 Å². The van der Waals surface area contributed by atoms with Crippen molar-refractivity contribution in [2.45, 2.75) is 13.0 Å². The number of rotatable bonds is 3. The molecule has 0 radical (unpaired) electrons. The molecule has 6 heteroatoms. The minimum Gasteiger partial charge on any atom is -0.397 e. The van der Waals surface area contributed by atoms with E-state index in [0.717, 1.165) is 52.8 Å². The highest BCUT2D eigenvalue weighted by Crippen LogP contribution is 2.29. The normalized spacial score (nSPS) is 20.4. The summed E-state index contributed by atoms with van der Waals surface area (Å²) in [5.41, 5.74) is 8.82. The predicted molar refractivity (Wildman–Crippen MR) is 84.5 cm³/mol. The summed E-state index contributed by atoms with van der Waals surface area (Å²) in [6, 6.07) is 4.02. The van der Waals surface area contributed by atoms with Gasteiger partial charge in [-0.05, 0) is 26.1 Å². The molecule has 1 aliphatic rings. The van der Waals surface area contributed by atoms with Crippen molar-refractivity contribution in [3.05, 3.63) is 17.1 Å². The van der Waals surface area contributed by atoms with Gasteiger partial charge in [0.05, 0.1) is 39.3 Å². The number of hydrogen-bond acceptors (Lipinski definition) is 6. The minimum atomic E-state index is 0.209. The zero-order valence-corrected chi connectivity index (χ0v) is 12.7. The molecule has 20 heavy (non-hydrogen) atoms. The van der Waals surface area contributed by atoms with Gasteiger partial charge in [-0.2, -0.15) is 0 Å². The summed E-state index contributed by atoms with van der Waals surface area (Å²) in [6.45, 7) is 5.53. The summed E-state index contributed by atoms with van der Waals surface area (Å²) in [5, 5.41) is 4.46. The van der Waals surface area contributed by atoms with Crippen molar-refractivity contribution in [3.8, 4) is 0 Å². The molecule has 0 bridgehead atoms. The molecule has 2 heterocycles.